The first-order valence-electron chi connectivity index (χ1n) is 11.1. The van der Waals surface area contributed by atoms with Crippen LogP contribution in [0.2, 0.25) is 0 Å². The minimum absolute atomic E-state index is 0.0399. The third-order valence-corrected chi connectivity index (χ3v) is 4.81. The predicted octanol–water partition coefficient (Wildman–Crippen LogP) is 2.52. The van der Waals surface area contributed by atoms with Crippen LogP contribution in [0.15, 0.2) is 36.4 Å². The molecule has 1 saturated heterocycles. The maximum atomic E-state index is 11.5. The number of cyclic esters (lactones) is 2. The summed E-state index contributed by atoms with van der Waals surface area (Å²) < 4.78 is 28.9. The number of benzene rings is 2. The highest BCUT2D eigenvalue weighted by atomic mass is 16.6. The van der Waals surface area contributed by atoms with Crippen molar-refractivity contribution >= 4 is 30.5 Å². The average molecular weight is 535 g/mol. The van der Waals surface area contributed by atoms with Gasteiger partial charge >= 0.3 is 17.9 Å². The fourth-order valence-corrected chi connectivity index (χ4v) is 2.53. The van der Waals surface area contributed by atoms with Crippen LogP contribution in [0.5, 0.6) is 23.0 Å². The molecule has 0 aromatic heterocycles. The molecule has 1 N–H and O–H groups in total. The Hall–Kier alpha value is -4.45. The molecule has 1 aliphatic rings. The molecule has 1 heterocycles. The largest absolute Gasteiger partial charge is 0.504 e. The first-order valence-corrected chi connectivity index (χ1v) is 11.1. The number of rotatable bonds is 7. The summed E-state index contributed by atoms with van der Waals surface area (Å²) >= 11 is 0. The van der Waals surface area contributed by atoms with Crippen molar-refractivity contribution in [3.63, 3.8) is 0 Å². The van der Waals surface area contributed by atoms with Crippen molar-refractivity contribution < 1.29 is 57.5 Å². The van der Waals surface area contributed by atoms with E-state index in [1.54, 1.807) is 6.92 Å². The SMILES string of the molecule is CC1OC(=O)C(C)OC1=O.COc1cc(C=O)ccc1O.COc1cc(C=O)ccc1OC(=O)C(C)OC. The molecule has 0 radical (unpaired) electrons. The van der Waals surface area contributed by atoms with Gasteiger partial charge in [-0.2, -0.15) is 0 Å². The maximum Gasteiger partial charge on any atom is 0.347 e. The van der Waals surface area contributed by atoms with E-state index in [1.165, 1.54) is 71.6 Å². The molecule has 0 aliphatic carbocycles. The van der Waals surface area contributed by atoms with Gasteiger partial charge in [-0.15, -0.1) is 0 Å². The zero-order valence-electron chi connectivity index (χ0n) is 21.8. The van der Waals surface area contributed by atoms with Crippen LogP contribution in [-0.4, -0.2) is 75.2 Å². The normalized spacial score (nSPS) is 16.6. The Bertz CT molecular complexity index is 1110. The van der Waals surface area contributed by atoms with E-state index < -0.39 is 36.2 Å². The molecule has 0 amide bonds. The molecule has 3 rings (SSSR count). The number of esters is 3. The summed E-state index contributed by atoms with van der Waals surface area (Å²) in [5.41, 5.74) is 0.932. The van der Waals surface area contributed by atoms with E-state index >= 15 is 0 Å². The highest BCUT2D eigenvalue weighted by Crippen LogP contribution is 2.28. The van der Waals surface area contributed by atoms with E-state index in [2.05, 4.69) is 9.47 Å². The van der Waals surface area contributed by atoms with Crippen LogP contribution in [0, 0.1) is 0 Å². The lowest BCUT2D eigenvalue weighted by Gasteiger charge is -2.22. The third kappa shape index (κ3) is 9.54. The van der Waals surface area contributed by atoms with E-state index in [0.29, 0.717) is 35.2 Å². The van der Waals surface area contributed by atoms with Gasteiger partial charge in [0.2, 0.25) is 0 Å². The monoisotopic (exact) mass is 534 g/mol. The number of aromatic hydroxyl groups is 1. The van der Waals surface area contributed by atoms with Crippen LogP contribution >= 0.6 is 0 Å². The van der Waals surface area contributed by atoms with E-state index in [9.17, 15) is 24.0 Å². The Morgan fingerprint density at radius 2 is 1.32 bits per heavy atom. The molecule has 38 heavy (non-hydrogen) atoms. The lowest BCUT2D eigenvalue weighted by atomic mass is 10.2. The molecule has 206 valence electrons. The molecular weight excluding hydrogens is 504 g/mol. The molecule has 0 spiro atoms. The third-order valence-electron chi connectivity index (χ3n) is 4.81. The summed E-state index contributed by atoms with van der Waals surface area (Å²) in [6.45, 7) is 4.53. The Labute approximate surface area is 219 Å². The zero-order chi connectivity index (χ0) is 28.8. The molecule has 3 atom stereocenters. The van der Waals surface area contributed by atoms with Crippen molar-refractivity contribution in [1.82, 2.24) is 0 Å². The van der Waals surface area contributed by atoms with Crippen molar-refractivity contribution in [1.29, 1.82) is 0 Å². The van der Waals surface area contributed by atoms with Gasteiger partial charge < -0.3 is 33.5 Å². The molecule has 0 saturated carbocycles. The zero-order valence-corrected chi connectivity index (χ0v) is 21.8. The van der Waals surface area contributed by atoms with E-state index in [0.717, 1.165) is 0 Å². The van der Waals surface area contributed by atoms with Gasteiger partial charge in [-0.1, -0.05) is 0 Å². The van der Waals surface area contributed by atoms with Gasteiger partial charge in [0.05, 0.1) is 14.2 Å². The molecule has 1 fully saturated rings. The summed E-state index contributed by atoms with van der Waals surface area (Å²) in [5, 5.41) is 9.09. The quantitative estimate of drug-likeness (QED) is 0.314. The van der Waals surface area contributed by atoms with Crippen LogP contribution in [-0.2, 0) is 28.6 Å². The molecule has 2 aromatic carbocycles. The Kier molecular flexibility index (Phi) is 13.0. The topological polar surface area (TPSA) is 161 Å². The van der Waals surface area contributed by atoms with Crippen molar-refractivity contribution in [2.45, 2.75) is 39.1 Å². The smallest absolute Gasteiger partial charge is 0.347 e. The second kappa shape index (κ2) is 15.6. The fourth-order valence-electron chi connectivity index (χ4n) is 2.53. The van der Waals surface area contributed by atoms with Crippen molar-refractivity contribution in [3.8, 4) is 23.0 Å². The Balaban J connectivity index is 0.000000299. The van der Waals surface area contributed by atoms with Crippen molar-refractivity contribution in [3.05, 3.63) is 47.5 Å². The van der Waals surface area contributed by atoms with Gasteiger partial charge in [-0.25, -0.2) is 14.4 Å². The maximum absolute atomic E-state index is 11.5. The predicted molar refractivity (Wildman–Crippen MR) is 132 cm³/mol. The number of hydrogen-bond acceptors (Lipinski definition) is 12. The van der Waals surface area contributed by atoms with Gasteiger partial charge in [0, 0.05) is 18.2 Å². The summed E-state index contributed by atoms with van der Waals surface area (Å²) in [6.07, 6.45) is -0.772. The van der Waals surface area contributed by atoms with Gasteiger partial charge in [0.15, 0.2) is 41.3 Å². The summed E-state index contributed by atoms with van der Waals surface area (Å²) in [7, 11) is 4.28. The van der Waals surface area contributed by atoms with E-state index in [4.69, 9.17) is 24.1 Å². The van der Waals surface area contributed by atoms with Crippen LogP contribution in [0.4, 0.5) is 0 Å². The van der Waals surface area contributed by atoms with Crippen LogP contribution in [0.1, 0.15) is 41.5 Å². The van der Waals surface area contributed by atoms with Gasteiger partial charge in [0.25, 0.3) is 0 Å². The highest BCUT2D eigenvalue weighted by Gasteiger charge is 2.32. The fraction of sp³-hybridized carbons (Fsp3) is 0.346. The minimum Gasteiger partial charge on any atom is -0.504 e. The van der Waals surface area contributed by atoms with Gasteiger partial charge in [-0.05, 0) is 57.2 Å². The number of methoxy groups -OCH3 is 3. The summed E-state index contributed by atoms with van der Waals surface area (Å²) in [5.74, 6) is -0.546. The van der Waals surface area contributed by atoms with Gasteiger partial charge in [0.1, 0.15) is 12.6 Å². The minimum atomic E-state index is -0.747. The number of carbonyl (C=O) groups excluding carboxylic acids is 5. The van der Waals surface area contributed by atoms with Crippen LogP contribution < -0.4 is 14.2 Å². The van der Waals surface area contributed by atoms with Crippen LogP contribution in [0.3, 0.4) is 0 Å². The molecular formula is C26H30O12. The molecule has 2 aromatic rings. The number of carbonyl (C=O) groups is 5. The molecule has 1 aliphatic heterocycles. The first-order chi connectivity index (χ1) is 18.0. The molecule has 3 unspecified atom stereocenters. The second-order valence-corrected chi connectivity index (χ2v) is 7.53. The van der Waals surface area contributed by atoms with Crippen molar-refractivity contribution in [2.24, 2.45) is 0 Å². The second-order valence-electron chi connectivity index (χ2n) is 7.53. The number of phenols is 1. The molecule has 0 bridgehead atoms. The number of hydrogen-bond donors (Lipinski definition) is 1. The van der Waals surface area contributed by atoms with E-state index in [1.807, 2.05) is 0 Å². The Morgan fingerprint density at radius 1 is 0.842 bits per heavy atom. The lowest BCUT2D eigenvalue weighted by molar-refractivity contribution is -0.191. The number of ether oxygens (including phenoxy) is 6. The summed E-state index contributed by atoms with van der Waals surface area (Å²) in [4.78, 5) is 53.6. The van der Waals surface area contributed by atoms with Crippen LogP contribution in [0.25, 0.3) is 0 Å². The van der Waals surface area contributed by atoms with E-state index in [-0.39, 0.29) is 11.5 Å². The van der Waals surface area contributed by atoms with Gasteiger partial charge in [-0.3, -0.25) is 9.59 Å². The number of phenolic OH excluding ortho intramolecular Hbond substituents is 1. The lowest BCUT2D eigenvalue weighted by Crippen LogP contribution is -2.40. The average Bonchev–Trinajstić information content (AvgIpc) is 2.92. The van der Waals surface area contributed by atoms with Crippen molar-refractivity contribution in [2.75, 3.05) is 21.3 Å². The molecule has 12 heteroatoms. The standard InChI is InChI=1S/C12H14O5.C8H8O3.C6H8O4/c1-8(15-2)12(14)17-10-5-4-9(7-13)6-11(10)16-3;1-11-8-4-6(5-9)2-3-7(8)10;1-3-5(7)10-4(2)6(8)9-3/h4-8H,1-3H3;2-5,10H,1H3;3-4H,1-2H3. The first kappa shape index (κ1) is 31.6. The number of aldehydes is 2. The molecule has 12 nitrogen and oxygen atoms in total. The Morgan fingerprint density at radius 3 is 1.76 bits per heavy atom. The highest BCUT2D eigenvalue weighted by molar-refractivity contribution is 5.86. The summed E-state index contributed by atoms with van der Waals surface area (Å²) in [6, 6.07) is 8.95.